The van der Waals surface area contributed by atoms with Gasteiger partial charge in [-0.2, -0.15) is 0 Å². The molecule has 0 spiro atoms. The zero-order chi connectivity index (χ0) is 26.2. The molecule has 0 radical (unpaired) electrons. The highest BCUT2D eigenvalue weighted by Crippen LogP contribution is 2.69. The molecule has 0 aromatic heterocycles. The number of rotatable bonds is 11. The van der Waals surface area contributed by atoms with E-state index in [1.165, 1.54) is 56.8 Å². The van der Waals surface area contributed by atoms with Gasteiger partial charge in [-0.3, -0.25) is 4.79 Å². The minimum Gasteiger partial charge on any atom is -0.390 e. The summed E-state index contributed by atoms with van der Waals surface area (Å²) in [5, 5.41) is 11.4. The van der Waals surface area contributed by atoms with Crippen LogP contribution < -0.4 is 4.72 Å². The molecule has 0 bridgehead atoms. The number of sulfonamides is 1. The van der Waals surface area contributed by atoms with E-state index in [4.69, 9.17) is 0 Å². The molecule has 7 atom stereocenters. The topological polar surface area (TPSA) is 83.5 Å². The van der Waals surface area contributed by atoms with Crippen LogP contribution in [0.15, 0.2) is 11.6 Å². The monoisotopic (exact) mass is 521 g/mol. The number of ketones is 1. The SMILES string of the molecule is C[C@]12CCC(=O)C=C1C[C@@H](CCCCCCCCCNS(C)(=O)=O)C1C2CC[C@@]2(C)C1CC[C@]2(C)O. The minimum absolute atomic E-state index is 0.0282. The van der Waals surface area contributed by atoms with E-state index in [9.17, 15) is 18.3 Å². The summed E-state index contributed by atoms with van der Waals surface area (Å²) >= 11 is 0. The third-order valence-corrected chi connectivity index (χ3v) is 12.0. The van der Waals surface area contributed by atoms with Gasteiger partial charge < -0.3 is 5.11 Å². The van der Waals surface area contributed by atoms with E-state index < -0.39 is 15.6 Å². The van der Waals surface area contributed by atoms with Crippen LogP contribution in [0.25, 0.3) is 0 Å². The summed E-state index contributed by atoms with van der Waals surface area (Å²) in [6, 6.07) is 0. The Kier molecular flexibility index (Phi) is 8.49. The Bertz CT molecular complexity index is 941. The Labute approximate surface area is 220 Å². The molecule has 4 rings (SSSR count). The maximum atomic E-state index is 12.4. The van der Waals surface area contributed by atoms with Gasteiger partial charge in [0.05, 0.1) is 11.9 Å². The number of nitrogens with one attached hydrogen (secondary N) is 1. The van der Waals surface area contributed by atoms with Crippen LogP contribution in [0.2, 0.25) is 0 Å². The standard InChI is InChI=1S/C30H51NO4S/c1-28-16-13-24(32)21-23(28)20-22(12-10-8-6-5-7-9-11-19-31-36(4,34)35)27-25(28)14-17-29(2)26(27)15-18-30(29,3)33/h21-22,25-27,31,33H,5-20H2,1-4H3/t22-,25?,26?,27?,28+,29+,30+/m1/s1. The van der Waals surface area contributed by atoms with Gasteiger partial charge in [0.1, 0.15) is 0 Å². The predicted octanol–water partition coefficient (Wildman–Crippen LogP) is 6.17. The van der Waals surface area contributed by atoms with Gasteiger partial charge in [0, 0.05) is 13.0 Å². The molecular weight excluding hydrogens is 470 g/mol. The van der Waals surface area contributed by atoms with Gasteiger partial charge in [0.25, 0.3) is 0 Å². The molecule has 3 saturated carbocycles. The number of unbranched alkanes of at least 4 members (excludes halogenated alkanes) is 6. The van der Waals surface area contributed by atoms with Crippen molar-refractivity contribution in [3.8, 4) is 0 Å². The minimum atomic E-state index is -3.07. The molecule has 2 N–H and O–H groups in total. The van der Waals surface area contributed by atoms with Gasteiger partial charge in [0.15, 0.2) is 5.78 Å². The molecule has 0 aromatic carbocycles. The van der Waals surface area contributed by atoms with Gasteiger partial charge in [-0.25, -0.2) is 13.1 Å². The first-order chi connectivity index (χ1) is 16.9. The Morgan fingerprint density at radius 2 is 1.58 bits per heavy atom. The van der Waals surface area contributed by atoms with Crippen LogP contribution in [0.1, 0.15) is 117 Å². The second-order valence-corrected chi connectivity index (χ2v) is 15.3. The molecule has 6 heteroatoms. The number of allylic oxidation sites excluding steroid dienone is 1. The molecule has 0 aliphatic heterocycles. The van der Waals surface area contributed by atoms with Gasteiger partial charge in [-0.1, -0.05) is 57.9 Å². The summed E-state index contributed by atoms with van der Waals surface area (Å²) in [4.78, 5) is 12.4. The number of hydrogen-bond acceptors (Lipinski definition) is 4. The first-order valence-corrected chi connectivity index (χ1v) is 16.7. The first-order valence-electron chi connectivity index (χ1n) is 14.8. The highest BCUT2D eigenvalue weighted by Gasteiger charge is 2.64. The quantitative estimate of drug-likeness (QED) is 0.319. The normalized spacial score (nSPS) is 40.4. The molecule has 0 saturated heterocycles. The summed E-state index contributed by atoms with van der Waals surface area (Å²) in [5.41, 5.74) is 1.10. The van der Waals surface area contributed by atoms with Crippen molar-refractivity contribution in [3.05, 3.63) is 11.6 Å². The smallest absolute Gasteiger partial charge is 0.208 e. The molecule has 0 heterocycles. The first kappa shape index (κ1) is 28.3. The highest BCUT2D eigenvalue weighted by molar-refractivity contribution is 7.88. The van der Waals surface area contributed by atoms with E-state index >= 15 is 0 Å². The summed E-state index contributed by atoms with van der Waals surface area (Å²) < 4.78 is 24.8. The number of carbonyl (C=O) groups excluding carboxylic acids is 1. The lowest BCUT2D eigenvalue weighted by molar-refractivity contribution is -0.135. The summed E-state index contributed by atoms with van der Waals surface area (Å²) in [6.07, 6.45) is 19.8. The number of carbonyl (C=O) groups is 1. The molecule has 36 heavy (non-hydrogen) atoms. The average Bonchev–Trinajstić information content (AvgIpc) is 3.04. The van der Waals surface area contributed by atoms with Crippen molar-refractivity contribution in [2.75, 3.05) is 12.8 Å². The largest absolute Gasteiger partial charge is 0.390 e. The van der Waals surface area contributed by atoms with E-state index in [0.29, 0.717) is 42.4 Å². The predicted molar refractivity (Wildman–Crippen MR) is 146 cm³/mol. The Morgan fingerprint density at radius 1 is 0.944 bits per heavy atom. The molecule has 206 valence electrons. The second kappa shape index (κ2) is 10.8. The number of fused-ring (bicyclic) bond motifs is 5. The zero-order valence-corrected chi connectivity index (χ0v) is 24.1. The van der Waals surface area contributed by atoms with Crippen molar-refractivity contribution in [1.29, 1.82) is 0 Å². The van der Waals surface area contributed by atoms with Gasteiger partial charge in [0.2, 0.25) is 10.0 Å². The fraction of sp³-hybridized carbons (Fsp3) is 0.900. The van der Waals surface area contributed by atoms with Crippen LogP contribution in [0, 0.1) is 34.5 Å². The van der Waals surface area contributed by atoms with Crippen LogP contribution in [-0.2, 0) is 14.8 Å². The molecule has 4 aliphatic carbocycles. The Hall–Kier alpha value is -0.720. The van der Waals surface area contributed by atoms with Gasteiger partial charge >= 0.3 is 0 Å². The van der Waals surface area contributed by atoms with E-state index in [1.54, 1.807) is 0 Å². The van der Waals surface area contributed by atoms with Crippen LogP contribution in [-0.4, -0.2) is 37.7 Å². The zero-order valence-electron chi connectivity index (χ0n) is 23.3. The van der Waals surface area contributed by atoms with E-state index in [1.807, 2.05) is 6.08 Å². The van der Waals surface area contributed by atoms with Crippen LogP contribution in [0.3, 0.4) is 0 Å². The fourth-order valence-electron chi connectivity index (χ4n) is 8.92. The molecular formula is C30H51NO4S. The van der Waals surface area contributed by atoms with Crippen LogP contribution in [0.5, 0.6) is 0 Å². The van der Waals surface area contributed by atoms with Crippen molar-refractivity contribution in [3.63, 3.8) is 0 Å². The number of aliphatic hydroxyl groups is 1. The van der Waals surface area contributed by atoms with Crippen LogP contribution >= 0.6 is 0 Å². The van der Waals surface area contributed by atoms with Crippen molar-refractivity contribution in [2.45, 2.75) is 123 Å². The van der Waals surface area contributed by atoms with Crippen LogP contribution in [0.4, 0.5) is 0 Å². The van der Waals surface area contributed by atoms with Crippen molar-refractivity contribution in [2.24, 2.45) is 34.5 Å². The van der Waals surface area contributed by atoms with Gasteiger partial charge in [-0.05, 0) is 98.9 Å². The average molecular weight is 522 g/mol. The summed E-state index contributed by atoms with van der Waals surface area (Å²) in [6.45, 7) is 7.48. The van der Waals surface area contributed by atoms with E-state index in [2.05, 4.69) is 25.5 Å². The Morgan fingerprint density at radius 3 is 2.28 bits per heavy atom. The highest BCUT2D eigenvalue weighted by atomic mass is 32.2. The summed E-state index contributed by atoms with van der Waals surface area (Å²) in [5.74, 6) is 2.91. The lowest BCUT2D eigenvalue weighted by atomic mass is 9.44. The van der Waals surface area contributed by atoms with Crippen molar-refractivity contribution < 1.29 is 18.3 Å². The maximum absolute atomic E-state index is 12.4. The lowest BCUT2D eigenvalue weighted by Gasteiger charge is -2.61. The fourth-order valence-corrected chi connectivity index (χ4v) is 9.43. The third kappa shape index (κ3) is 5.66. The lowest BCUT2D eigenvalue weighted by Crippen LogP contribution is -2.56. The van der Waals surface area contributed by atoms with Gasteiger partial charge in [-0.15, -0.1) is 0 Å². The molecule has 0 aromatic rings. The molecule has 3 fully saturated rings. The molecule has 4 aliphatic rings. The number of hydrogen-bond donors (Lipinski definition) is 2. The molecule has 0 amide bonds. The molecule has 3 unspecified atom stereocenters. The Balaban J connectivity index is 1.34. The van der Waals surface area contributed by atoms with E-state index in [-0.39, 0.29) is 10.8 Å². The maximum Gasteiger partial charge on any atom is 0.208 e. The molecule has 5 nitrogen and oxygen atoms in total. The van der Waals surface area contributed by atoms with Crippen molar-refractivity contribution in [1.82, 2.24) is 4.72 Å². The van der Waals surface area contributed by atoms with E-state index in [0.717, 1.165) is 44.9 Å². The van der Waals surface area contributed by atoms with Crippen molar-refractivity contribution >= 4 is 15.8 Å². The third-order valence-electron chi connectivity index (χ3n) is 11.3. The second-order valence-electron chi connectivity index (χ2n) is 13.5. The summed E-state index contributed by atoms with van der Waals surface area (Å²) in [7, 11) is -3.07.